The van der Waals surface area contributed by atoms with Gasteiger partial charge < -0.3 is 10.4 Å². The fourth-order valence-electron chi connectivity index (χ4n) is 1.50. The average molecular weight is 239 g/mol. The molecule has 0 heterocycles. The summed E-state index contributed by atoms with van der Waals surface area (Å²) in [7, 11) is 0. The summed E-state index contributed by atoms with van der Waals surface area (Å²) >= 11 is 0. The molecule has 1 aromatic carbocycles. The number of aryl methyl sites for hydroxylation is 1. The van der Waals surface area contributed by atoms with Crippen molar-refractivity contribution in [3.05, 3.63) is 35.1 Å². The molecule has 0 spiro atoms. The van der Waals surface area contributed by atoms with Crippen molar-refractivity contribution in [2.24, 2.45) is 0 Å². The number of aliphatic hydroxyl groups excluding tert-OH is 1. The Morgan fingerprint density at radius 2 is 2.24 bits per heavy atom. The summed E-state index contributed by atoms with van der Waals surface area (Å²) < 4.78 is 13.4. The van der Waals surface area contributed by atoms with E-state index in [2.05, 4.69) is 5.32 Å². The molecule has 0 fully saturated rings. The topological polar surface area (TPSA) is 49.3 Å². The number of aliphatic hydroxyl groups is 1. The molecule has 0 saturated carbocycles. The summed E-state index contributed by atoms with van der Waals surface area (Å²) in [6, 6.07) is 4.52. The van der Waals surface area contributed by atoms with Crippen molar-refractivity contribution in [3.63, 3.8) is 0 Å². The second kappa shape index (κ2) is 6.35. The molecule has 94 valence electrons. The number of nitrogens with one attached hydrogen (secondary N) is 1. The molecular formula is C13H18FNO2. The van der Waals surface area contributed by atoms with Crippen LogP contribution in [0.4, 0.5) is 4.39 Å². The minimum Gasteiger partial charge on any atom is -0.393 e. The van der Waals surface area contributed by atoms with Crippen LogP contribution in [0, 0.1) is 12.7 Å². The highest BCUT2D eigenvalue weighted by Gasteiger charge is 2.10. The first-order chi connectivity index (χ1) is 8.00. The van der Waals surface area contributed by atoms with Crippen LogP contribution in [0.3, 0.4) is 0 Å². The Balaban J connectivity index is 2.47. The lowest BCUT2D eigenvalue weighted by Gasteiger charge is -2.07. The largest absolute Gasteiger partial charge is 0.393 e. The van der Waals surface area contributed by atoms with Crippen molar-refractivity contribution >= 4 is 5.91 Å². The van der Waals surface area contributed by atoms with E-state index in [9.17, 15) is 9.18 Å². The molecule has 1 unspecified atom stereocenters. The van der Waals surface area contributed by atoms with E-state index in [1.807, 2.05) is 0 Å². The highest BCUT2D eigenvalue weighted by Crippen LogP contribution is 2.09. The molecule has 1 rings (SSSR count). The van der Waals surface area contributed by atoms with Crippen LogP contribution < -0.4 is 5.32 Å². The first-order valence-electron chi connectivity index (χ1n) is 5.73. The first-order valence-corrected chi connectivity index (χ1v) is 5.73. The number of amides is 1. The monoisotopic (exact) mass is 239 g/mol. The SMILES string of the molecule is Cc1ccc(C(=O)NCCCC(C)O)c(F)c1. The van der Waals surface area contributed by atoms with Crippen molar-refractivity contribution in [2.45, 2.75) is 32.8 Å². The molecule has 0 aliphatic heterocycles. The van der Waals surface area contributed by atoms with Gasteiger partial charge in [-0.2, -0.15) is 0 Å². The van der Waals surface area contributed by atoms with E-state index in [-0.39, 0.29) is 11.7 Å². The number of rotatable bonds is 5. The van der Waals surface area contributed by atoms with Crippen molar-refractivity contribution in [2.75, 3.05) is 6.54 Å². The van der Waals surface area contributed by atoms with Gasteiger partial charge in [-0.05, 0) is 44.4 Å². The molecule has 0 aromatic heterocycles. The summed E-state index contributed by atoms with van der Waals surface area (Å²) in [5, 5.41) is 11.7. The Kier molecular flexibility index (Phi) is 5.10. The van der Waals surface area contributed by atoms with Gasteiger partial charge in [0.05, 0.1) is 11.7 Å². The van der Waals surface area contributed by atoms with Crippen LogP contribution in [0.25, 0.3) is 0 Å². The van der Waals surface area contributed by atoms with Crippen LogP contribution in [0.1, 0.15) is 35.7 Å². The normalized spacial score (nSPS) is 12.2. The van der Waals surface area contributed by atoms with Gasteiger partial charge in [-0.1, -0.05) is 6.07 Å². The second-order valence-corrected chi connectivity index (χ2v) is 4.23. The van der Waals surface area contributed by atoms with Crippen LogP contribution in [-0.4, -0.2) is 23.7 Å². The Morgan fingerprint density at radius 1 is 1.53 bits per heavy atom. The maximum absolute atomic E-state index is 13.4. The predicted molar refractivity (Wildman–Crippen MR) is 64.4 cm³/mol. The molecule has 0 saturated heterocycles. The third-order valence-electron chi connectivity index (χ3n) is 2.45. The Hall–Kier alpha value is -1.42. The maximum atomic E-state index is 13.4. The zero-order valence-electron chi connectivity index (χ0n) is 10.2. The smallest absolute Gasteiger partial charge is 0.254 e. The third-order valence-corrected chi connectivity index (χ3v) is 2.45. The quantitative estimate of drug-likeness (QED) is 0.772. The lowest BCUT2D eigenvalue weighted by molar-refractivity contribution is 0.0945. The standard InChI is InChI=1S/C13H18FNO2/c1-9-5-6-11(12(14)8-9)13(17)15-7-3-4-10(2)16/h5-6,8,10,16H,3-4,7H2,1-2H3,(H,15,17). The summed E-state index contributed by atoms with van der Waals surface area (Å²) in [5.74, 6) is -0.911. The third kappa shape index (κ3) is 4.53. The van der Waals surface area contributed by atoms with Gasteiger partial charge in [0.25, 0.3) is 5.91 Å². The lowest BCUT2D eigenvalue weighted by Crippen LogP contribution is -2.26. The number of hydrogen-bond acceptors (Lipinski definition) is 2. The second-order valence-electron chi connectivity index (χ2n) is 4.23. The average Bonchev–Trinajstić information content (AvgIpc) is 2.23. The molecule has 0 aliphatic carbocycles. The highest BCUT2D eigenvalue weighted by molar-refractivity contribution is 5.94. The molecule has 2 N–H and O–H groups in total. The minimum atomic E-state index is -0.502. The Labute approximate surface area is 101 Å². The van der Waals surface area contributed by atoms with E-state index >= 15 is 0 Å². The van der Waals surface area contributed by atoms with Crippen LogP contribution in [0.2, 0.25) is 0 Å². The number of carbonyl (C=O) groups is 1. The van der Waals surface area contributed by atoms with Gasteiger partial charge >= 0.3 is 0 Å². The number of halogens is 1. The zero-order chi connectivity index (χ0) is 12.8. The molecule has 0 bridgehead atoms. The fraction of sp³-hybridized carbons (Fsp3) is 0.462. The van der Waals surface area contributed by atoms with Gasteiger partial charge in [0.2, 0.25) is 0 Å². The molecule has 1 aromatic rings. The Bertz CT molecular complexity index is 391. The van der Waals surface area contributed by atoms with E-state index in [0.29, 0.717) is 19.4 Å². The molecular weight excluding hydrogens is 221 g/mol. The van der Waals surface area contributed by atoms with E-state index in [1.54, 1.807) is 19.9 Å². The van der Waals surface area contributed by atoms with E-state index in [4.69, 9.17) is 5.11 Å². The van der Waals surface area contributed by atoms with Crippen LogP contribution >= 0.6 is 0 Å². The highest BCUT2D eigenvalue weighted by atomic mass is 19.1. The zero-order valence-corrected chi connectivity index (χ0v) is 10.2. The van der Waals surface area contributed by atoms with Crippen molar-refractivity contribution < 1.29 is 14.3 Å². The fourth-order valence-corrected chi connectivity index (χ4v) is 1.50. The molecule has 3 nitrogen and oxygen atoms in total. The summed E-state index contributed by atoms with van der Waals surface area (Å²) in [4.78, 5) is 11.6. The van der Waals surface area contributed by atoms with Gasteiger partial charge in [-0.25, -0.2) is 4.39 Å². The summed E-state index contributed by atoms with van der Waals surface area (Å²) in [6.45, 7) is 3.91. The van der Waals surface area contributed by atoms with Crippen molar-refractivity contribution in [1.82, 2.24) is 5.32 Å². The maximum Gasteiger partial charge on any atom is 0.254 e. The summed E-state index contributed by atoms with van der Waals surface area (Å²) in [5.41, 5.74) is 0.848. The summed E-state index contributed by atoms with van der Waals surface area (Å²) in [6.07, 6.45) is 0.927. The van der Waals surface area contributed by atoms with E-state index in [1.165, 1.54) is 12.1 Å². The van der Waals surface area contributed by atoms with E-state index in [0.717, 1.165) is 5.56 Å². The van der Waals surface area contributed by atoms with Gasteiger partial charge in [0.15, 0.2) is 0 Å². The molecule has 1 atom stereocenters. The Morgan fingerprint density at radius 3 is 2.82 bits per heavy atom. The first kappa shape index (κ1) is 13.6. The molecule has 0 aliphatic rings. The van der Waals surface area contributed by atoms with Gasteiger partial charge in [-0.15, -0.1) is 0 Å². The van der Waals surface area contributed by atoms with Crippen molar-refractivity contribution in [3.8, 4) is 0 Å². The number of benzene rings is 1. The lowest BCUT2D eigenvalue weighted by atomic mass is 10.1. The molecule has 0 radical (unpaired) electrons. The van der Waals surface area contributed by atoms with Crippen molar-refractivity contribution in [1.29, 1.82) is 0 Å². The molecule has 1 amide bonds. The molecule has 17 heavy (non-hydrogen) atoms. The molecule has 4 heteroatoms. The van der Waals surface area contributed by atoms with Crippen LogP contribution in [0.5, 0.6) is 0 Å². The van der Waals surface area contributed by atoms with Gasteiger partial charge in [-0.3, -0.25) is 4.79 Å². The van der Waals surface area contributed by atoms with Crippen LogP contribution in [-0.2, 0) is 0 Å². The number of hydrogen-bond donors (Lipinski definition) is 2. The van der Waals surface area contributed by atoms with Gasteiger partial charge in [0, 0.05) is 6.54 Å². The van der Waals surface area contributed by atoms with Crippen LogP contribution in [0.15, 0.2) is 18.2 Å². The van der Waals surface area contributed by atoms with E-state index < -0.39 is 11.7 Å². The minimum absolute atomic E-state index is 0.0626. The van der Waals surface area contributed by atoms with Gasteiger partial charge in [0.1, 0.15) is 5.82 Å². The predicted octanol–water partition coefficient (Wildman–Crippen LogP) is 2.02. The number of carbonyl (C=O) groups excluding carboxylic acids is 1.